The number of aryl methyl sites for hydroxylation is 1. The first kappa shape index (κ1) is 20.8. The van der Waals surface area contributed by atoms with Crippen molar-refractivity contribution in [2.45, 2.75) is 26.8 Å². The van der Waals surface area contributed by atoms with Gasteiger partial charge in [-0.15, -0.1) is 0 Å². The number of nitrogens with one attached hydrogen (secondary N) is 2. The van der Waals surface area contributed by atoms with Crippen molar-refractivity contribution in [1.29, 1.82) is 0 Å². The normalized spacial score (nSPS) is 11.3. The van der Waals surface area contributed by atoms with Gasteiger partial charge in [-0.2, -0.15) is 0 Å². The van der Waals surface area contributed by atoms with Crippen LogP contribution in [0.3, 0.4) is 0 Å². The zero-order valence-electron chi connectivity index (χ0n) is 16.6. The molecule has 27 heavy (non-hydrogen) atoms. The standard InChI is InChI=1S/C22H31N3O2/c1-4-26-14-15-27-21-16-18(2)10-11-20(21)17-25-22(23-3)24-13-12-19-8-6-5-7-9-19/h5-11,16H,4,12-15,17H2,1-3H3,(H2,23,24,25). The van der Waals surface area contributed by atoms with E-state index in [2.05, 4.69) is 65.0 Å². The molecule has 0 aliphatic heterocycles. The molecule has 0 aromatic heterocycles. The lowest BCUT2D eigenvalue weighted by atomic mass is 10.1. The molecule has 0 aliphatic rings. The maximum absolute atomic E-state index is 5.90. The molecule has 2 aromatic rings. The van der Waals surface area contributed by atoms with Crippen LogP contribution in [0.1, 0.15) is 23.6 Å². The van der Waals surface area contributed by atoms with Crippen molar-refractivity contribution in [3.63, 3.8) is 0 Å². The Balaban J connectivity index is 1.84. The Morgan fingerprint density at radius 1 is 1.04 bits per heavy atom. The van der Waals surface area contributed by atoms with Crippen LogP contribution in [-0.4, -0.2) is 39.4 Å². The van der Waals surface area contributed by atoms with Crippen LogP contribution in [0.4, 0.5) is 0 Å². The van der Waals surface area contributed by atoms with Crippen LogP contribution < -0.4 is 15.4 Å². The molecule has 0 spiro atoms. The smallest absolute Gasteiger partial charge is 0.191 e. The van der Waals surface area contributed by atoms with Gasteiger partial charge in [0.1, 0.15) is 12.4 Å². The van der Waals surface area contributed by atoms with Crippen molar-refractivity contribution < 1.29 is 9.47 Å². The summed E-state index contributed by atoms with van der Waals surface area (Å²) in [6, 6.07) is 16.7. The second kappa shape index (κ2) is 12.0. The van der Waals surface area contributed by atoms with Gasteiger partial charge in [-0.25, -0.2) is 0 Å². The molecule has 0 amide bonds. The summed E-state index contributed by atoms with van der Waals surface area (Å²) in [4.78, 5) is 4.30. The molecule has 0 saturated carbocycles. The number of hydrogen-bond acceptors (Lipinski definition) is 3. The lowest BCUT2D eigenvalue weighted by Crippen LogP contribution is -2.37. The SMILES string of the molecule is CCOCCOc1cc(C)ccc1CNC(=NC)NCCc1ccccc1. The highest BCUT2D eigenvalue weighted by molar-refractivity contribution is 5.79. The zero-order chi connectivity index (χ0) is 19.3. The topological polar surface area (TPSA) is 54.9 Å². The maximum atomic E-state index is 5.90. The number of aliphatic imine (C=N–C) groups is 1. The number of ether oxygens (including phenoxy) is 2. The Kier molecular flexibility index (Phi) is 9.21. The molecule has 5 nitrogen and oxygen atoms in total. The van der Waals surface area contributed by atoms with Crippen LogP contribution in [0.2, 0.25) is 0 Å². The lowest BCUT2D eigenvalue weighted by molar-refractivity contribution is 0.110. The summed E-state index contributed by atoms with van der Waals surface area (Å²) in [5, 5.41) is 6.72. The fourth-order valence-corrected chi connectivity index (χ4v) is 2.67. The molecule has 0 aliphatic carbocycles. The molecular formula is C22H31N3O2. The molecule has 0 radical (unpaired) electrons. The van der Waals surface area contributed by atoms with E-state index in [-0.39, 0.29) is 0 Å². The Morgan fingerprint density at radius 3 is 2.59 bits per heavy atom. The first-order chi connectivity index (χ1) is 13.2. The highest BCUT2D eigenvalue weighted by atomic mass is 16.5. The van der Waals surface area contributed by atoms with E-state index in [4.69, 9.17) is 9.47 Å². The first-order valence-electron chi connectivity index (χ1n) is 9.51. The summed E-state index contributed by atoms with van der Waals surface area (Å²) in [5.41, 5.74) is 3.59. The third-order valence-corrected chi connectivity index (χ3v) is 4.13. The second-order valence-corrected chi connectivity index (χ2v) is 6.24. The minimum Gasteiger partial charge on any atom is -0.491 e. The van der Waals surface area contributed by atoms with E-state index in [1.807, 2.05) is 13.0 Å². The van der Waals surface area contributed by atoms with Crippen LogP contribution in [0, 0.1) is 6.92 Å². The third-order valence-electron chi connectivity index (χ3n) is 4.13. The lowest BCUT2D eigenvalue weighted by Gasteiger charge is -2.15. The van der Waals surface area contributed by atoms with Crippen molar-refractivity contribution in [3.05, 3.63) is 65.2 Å². The van der Waals surface area contributed by atoms with E-state index < -0.39 is 0 Å². The van der Waals surface area contributed by atoms with E-state index in [0.29, 0.717) is 26.4 Å². The average molecular weight is 370 g/mol. The molecule has 0 unspecified atom stereocenters. The van der Waals surface area contributed by atoms with Crippen molar-refractivity contribution in [2.24, 2.45) is 4.99 Å². The zero-order valence-corrected chi connectivity index (χ0v) is 16.6. The van der Waals surface area contributed by atoms with Crippen molar-refractivity contribution >= 4 is 5.96 Å². The fourth-order valence-electron chi connectivity index (χ4n) is 2.67. The third kappa shape index (κ3) is 7.71. The van der Waals surface area contributed by atoms with Crippen LogP contribution in [0.15, 0.2) is 53.5 Å². The van der Waals surface area contributed by atoms with Gasteiger partial charge in [0, 0.05) is 32.3 Å². The molecule has 0 atom stereocenters. The van der Waals surface area contributed by atoms with Crippen LogP contribution in [0.25, 0.3) is 0 Å². The van der Waals surface area contributed by atoms with Gasteiger partial charge < -0.3 is 20.1 Å². The summed E-state index contributed by atoms with van der Waals surface area (Å²) >= 11 is 0. The first-order valence-corrected chi connectivity index (χ1v) is 9.51. The molecule has 0 bridgehead atoms. The summed E-state index contributed by atoms with van der Waals surface area (Å²) in [7, 11) is 1.78. The fraction of sp³-hybridized carbons (Fsp3) is 0.409. The van der Waals surface area contributed by atoms with Gasteiger partial charge in [0.15, 0.2) is 5.96 Å². The molecule has 146 valence electrons. The molecular weight excluding hydrogens is 338 g/mol. The predicted molar refractivity (Wildman–Crippen MR) is 112 cm³/mol. The second-order valence-electron chi connectivity index (χ2n) is 6.24. The highest BCUT2D eigenvalue weighted by Gasteiger charge is 2.06. The quantitative estimate of drug-likeness (QED) is 0.383. The monoisotopic (exact) mass is 369 g/mol. The largest absolute Gasteiger partial charge is 0.491 e. The predicted octanol–water partition coefficient (Wildman–Crippen LogP) is 3.32. The van der Waals surface area contributed by atoms with Gasteiger partial charge in [0.25, 0.3) is 0 Å². The molecule has 0 saturated heterocycles. The van der Waals surface area contributed by atoms with Gasteiger partial charge in [0.2, 0.25) is 0 Å². The Hall–Kier alpha value is -2.53. The number of hydrogen-bond donors (Lipinski definition) is 2. The van der Waals surface area contributed by atoms with E-state index >= 15 is 0 Å². The van der Waals surface area contributed by atoms with Gasteiger partial charge in [-0.3, -0.25) is 4.99 Å². The van der Waals surface area contributed by atoms with Crippen LogP contribution >= 0.6 is 0 Å². The number of rotatable bonds is 10. The summed E-state index contributed by atoms with van der Waals surface area (Å²) in [6.07, 6.45) is 0.956. The van der Waals surface area contributed by atoms with Gasteiger partial charge in [0.05, 0.1) is 6.61 Å². The van der Waals surface area contributed by atoms with Crippen molar-refractivity contribution in [2.75, 3.05) is 33.4 Å². The van der Waals surface area contributed by atoms with Gasteiger partial charge in [-0.05, 0) is 37.5 Å². The molecule has 2 aromatic carbocycles. The van der Waals surface area contributed by atoms with E-state index in [1.54, 1.807) is 7.05 Å². The summed E-state index contributed by atoms with van der Waals surface area (Å²) < 4.78 is 11.3. The van der Waals surface area contributed by atoms with E-state index in [1.165, 1.54) is 11.1 Å². The van der Waals surface area contributed by atoms with Crippen molar-refractivity contribution in [1.82, 2.24) is 10.6 Å². The minimum absolute atomic E-state index is 0.550. The average Bonchev–Trinajstić information content (AvgIpc) is 2.69. The van der Waals surface area contributed by atoms with Crippen molar-refractivity contribution in [3.8, 4) is 5.75 Å². The number of guanidine groups is 1. The van der Waals surface area contributed by atoms with Gasteiger partial charge in [-0.1, -0.05) is 42.5 Å². The molecule has 2 rings (SSSR count). The number of nitrogens with zero attached hydrogens (tertiary/aromatic N) is 1. The summed E-state index contributed by atoms with van der Waals surface area (Å²) in [6.45, 7) is 7.38. The highest BCUT2D eigenvalue weighted by Crippen LogP contribution is 2.20. The van der Waals surface area contributed by atoms with Gasteiger partial charge >= 0.3 is 0 Å². The van der Waals surface area contributed by atoms with E-state index in [0.717, 1.165) is 30.2 Å². The van der Waals surface area contributed by atoms with Crippen LogP contribution in [0.5, 0.6) is 5.75 Å². The Labute approximate surface area is 162 Å². The number of benzene rings is 2. The Morgan fingerprint density at radius 2 is 1.85 bits per heavy atom. The van der Waals surface area contributed by atoms with Crippen LogP contribution in [-0.2, 0) is 17.7 Å². The minimum atomic E-state index is 0.550. The summed E-state index contributed by atoms with van der Waals surface area (Å²) in [5.74, 6) is 1.67. The molecule has 0 heterocycles. The van der Waals surface area contributed by atoms with E-state index in [9.17, 15) is 0 Å². The maximum Gasteiger partial charge on any atom is 0.191 e. The molecule has 2 N–H and O–H groups in total. The Bertz CT molecular complexity index is 702. The molecule has 5 heteroatoms. The molecule has 0 fully saturated rings.